The van der Waals surface area contributed by atoms with Gasteiger partial charge in [-0.15, -0.1) is 0 Å². The van der Waals surface area contributed by atoms with E-state index in [4.69, 9.17) is 0 Å². The minimum absolute atomic E-state index is 0.215. The first-order valence-electron chi connectivity index (χ1n) is 10.0. The van der Waals surface area contributed by atoms with E-state index in [0.29, 0.717) is 0 Å². The van der Waals surface area contributed by atoms with E-state index < -0.39 is 78.1 Å². The number of hydrogen-bond acceptors (Lipinski definition) is 1. The molecule has 0 aliphatic rings. The summed E-state index contributed by atoms with van der Waals surface area (Å²) in [5.74, 6) is -78.3. The molecule has 1 aromatic carbocycles. The maximum atomic E-state index is 14.3. The highest BCUT2D eigenvalue weighted by atomic mass is 19.4. The van der Waals surface area contributed by atoms with E-state index in [0.717, 1.165) is 24.3 Å². The predicted octanol–water partition coefficient (Wildman–Crippen LogP) is 8.73. The zero-order valence-electron chi connectivity index (χ0n) is 19.4. The molecule has 1 aromatic rings. The summed E-state index contributed by atoms with van der Waals surface area (Å²) in [6.45, 7) is -0.560. The van der Waals surface area contributed by atoms with Crippen LogP contribution in [0.25, 0.3) is 6.08 Å². The maximum Gasteiger partial charge on any atom is 0.460 e. The third-order valence-electron chi connectivity index (χ3n) is 5.55. The zero-order chi connectivity index (χ0) is 34.0. The van der Waals surface area contributed by atoms with Crippen molar-refractivity contribution in [2.24, 2.45) is 0 Å². The maximum absolute atomic E-state index is 14.3. The van der Waals surface area contributed by atoms with Gasteiger partial charge >= 0.3 is 59.5 Å². The molecule has 0 amide bonds. The minimum Gasteiger partial charge on any atom is -0.379 e. The van der Waals surface area contributed by atoms with Crippen molar-refractivity contribution in [3.05, 3.63) is 42.0 Å². The number of aliphatic hydroxyl groups is 1. The summed E-state index contributed by atoms with van der Waals surface area (Å²) in [5, 5.41) is 9.59. The van der Waals surface area contributed by atoms with Crippen LogP contribution in [0.3, 0.4) is 0 Å². The summed E-state index contributed by atoms with van der Waals surface area (Å²) >= 11 is 0. The van der Waals surface area contributed by atoms with Gasteiger partial charge in [0.1, 0.15) is 0 Å². The normalized spacial score (nSPS) is 17.5. The first-order valence-corrected chi connectivity index (χ1v) is 10.0. The predicted molar refractivity (Wildman–Crippen MR) is 96.7 cm³/mol. The van der Waals surface area contributed by atoms with Gasteiger partial charge in [-0.1, -0.05) is 36.4 Å². The van der Waals surface area contributed by atoms with Gasteiger partial charge in [0.25, 0.3) is 0 Å². The van der Waals surface area contributed by atoms with E-state index in [-0.39, 0.29) is 11.6 Å². The monoisotopic (exact) mass is 666 g/mol. The summed E-state index contributed by atoms with van der Waals surface area (Å²) in [6.07, 6.45) is -8.36. The van der Waals surface area contributed by atoms with E-state index in [9.17, 15) is 97.3 Å². The Morgan fingerprint density at radius 2 is 0.690 bits per heavy atom. The Bertz CT molecular complexity index is 1130. The lowest BCUT2D eigenvalue weighted by Gasteiger charge is -2.45. The van der Waals surface area contributed by atoms with Crippen molar-refractivity contribution >= 4 is 6.08 Å². The largest absolute Gasteiger partial charge is 0.460 e. The van der Waals surface area contributed by atoms with Crippen LogP contribution in [-0.4, -0.2) is 70.2 Å². The topological polar surface area (TPSA) is 20.2 Å². The van der Waals surface area contributed by atoms with Gasteiger partial charge in [0.2, 0.25) is 0 Å². The van der Waals surface area contributed by atoms with E-state index in [1.54, 1.807) is 0 Å². The molecule has 22 heteroatoms. The third-order valence-corrected chi connectivity index (χ3v) is 5.55. The molecule has 1 N–H and O–H groups in total. The lowest BCUT2D eigenvalue weighted by molar-refractivity contribution is -0.476. The third kappa shape index (κ3) is 4.83. The molecule has 244 valence electrons. The molecule has 0 radical (unpaired) electrons. The van der Waals surface area contributed by atoms with Gasteiger partial charge < -0.3 is 5.11 Å². The Hall–Kier alpha value is -2.55. The second kappa shape index (κ2) is 10.00. The van der Waals surface area contributed by atoms with Crippen LogP contribution in [0.15, 0.2) is 36.4 Å². The van der Waals surface area contributed by atoms with Crippen LogP contribution in [0.4, 0.5) is 92.2 Å². The van der Waals surface area contributed by atoms with Crippen LogP contribution in [0.1, 0.15) is 12.5 Å². The molecule has 0 heterocycles. The summed E-state index contributed by atoms with van der Waals surface area (Å²) in [5.41, 5.74) is -5.16. The molecular formula is C20H11F21O. The molecule has 1 nitrogen and oxygen atoms in total. The van der Waals surface area contributed by atoms with Crippen LogP contribution < -0.4 is 0 Å². The van der Waals surface area contributed by atoms with E-state index in [2.05, 4.69) is 0 Å². The quantitative estimate of drug-likeness (QED) is 0.235. The number of hydrogen-bond donors (Lipinski definition) is 1. The molecule has 0 saturated carbocycles. The van der Waals surface area contributed by atoms with Crippen molar-refractivity contribution < 1.29 is 97.3 Å². The number of halogens is 21. The second-order valence-electron chi connectivity index (χ2n) is 8.56. The average Bonchev–Trinajstić information content (AvgIpc) is 2.81. The van der Waals surface area contributed by atoms with Crippen LogP contribution in [-0.2, 0) is 0 Å². The number of benzene rings is 1. The van der Waals surface area contributed by atoms with Crippen LogP contribution in [0.2, 0.25) is 0 Å². The molecule has 0 bridgehead atoms. The minimum atomic E-state index is -9.24. The fraction of sp³-hybridized carbons (Fsp3) is 0.600. The van der Waals surface area contributed by atoms with Crippen molar-refractivity contribution in [3.63, 3.8) is 0 Å². The lowest BCUT2D eigenvalue weighted by atomic mass is 9.82. The van der Waals surface area contributed by atoms with Gasteiger partial charge in [0.05, 0.1) is 0 Å². The van der Waals surface area contributed by atoms with Gasteiger partial charge in [-0.05, 0) is 18.6 Å². The molecule has 1 unspecified atom stereocenters. The van der Waals surface area contributed by atoms with Gasteiger partial charge in [-0.25, -0.2) is 0 Å². The van der Waals surface area contributed by atoms with E-state index in [1.165, 1.54) is 6.07 Å². The van der Waals surface area contributed by atoms with Crippen molar-refractivity contribution in [1.82, 2.24) is 0 Å². The summed E-state index contributed by atoms with van der Waals surface area (Å²) in [4.78, 5) is 0. The molecule has 0 spiro atoms. The highest BCUT2D eigenvalue weighted by molar-refractivity contribution is 5.50. The Morgan fingerprint density at radius 3 is 0.976 bits per heavy atom. The average molecular weight is 666 g/mol. The highest BCUT2D eigenvalue weighted by Crippen LogP contribution is 2.66. The van der Waals surface area contributed by atoms with Gasteiger partial charge in [-0.3, -0.25) is 0 Å². The SMILES string of the molecule is CC(O)(/C=C/c1ccccc1)C(F)(F)C(F)(F)C(F)(F)C(F)(F)C(F)(F)C(F)(F)C(F)(F)C(F)(F)C(F)(F)C(F)(F)F. The Kier molecular flexibility index (Phi) is 8.92. The lowest BCUT2D eigenvalue weighted by Crippen LogP contribution is -2.77. The second-order valence-corrected chi connectivity index (χ2v) is 8.56. The van der Waals surface area contributed by atoms with Crippen molar-refractivity contribution in [1.29, 1.82) is 0 Å². The van der Waals surface area contributed by atoms with Gasteiger partial charge in [0, 0.05) is 0 Å². The molecule has 0 fully saturated rings. The zero-order valence-corrected chi connectivity index (χ0v) is 19.4. The molecule has 1 rings (SSSR count). The van der Waals surface area contributed by atoms with Crippen LogP contribution >= 0.6 is 0 Å². The fourth-order valence-corrected chi connectivity index (χ4v) is 2.80. The van der Waals surface area contributed by atoms with Crippen LogP contribution in [0.5, 0.6) is 0 Å². The molecule has 0 aliphatic carbocycles. The summed E-state index contributed by atoms with van der Waals surface area (Å²) < 4.78 is 283. The number of alkyl halides is 21. The first-order chi connectivity index (χ1) is 18.1. The summed E-state index contributed by atoms with van der Waals surface area (Å²) in [6, 6.07) is 5.38. The van der Waals surface area contributed by atoms with Crippen molar-refractivity contribution in [2.45, 2.75) is 72.0 Å². The molecule has 0 aromatic heterocycles. The molecule has 0 aliphatic heterocycles. The molecule has 42 heavy (non-hydrogen) atoms. The van der Waals surface area contributed by atoms with E-state index >= 15 is 0 Å². The first kappa shape index (κ1) is 37.5. The van der Waals surface area contributed by atoms with E-state index in [1.807, 2.05) is 0 Å². The van der Waals surface area contributed by atoms with Gasteiger partial charge in [0.15, 0.2) is 5.60 Å². The highest BCUT2D eigenvalue weighted by Gasteiger charge is 2.98. The Labute approximate surface area is 218 Å². The molecular weight excluding hydrogens is 655 g/mol. The Morgan fingerprint density at radius 1 is 0.429 bits per heavy atom. The number of rotatable bonds is 11. The van der Waals surface area contributed by atoms with Crippen LogP contribution in [0, 0.1) is 0 Å². The molecule has 0 saturated heterocycles. The van der Waals surface area contributed by atoms with Crippen molar-refractivity contribution in [3.8, 4) is 0 Å². The Balaban J connectivity index is 3.78. The van der Waals surface area contributed by atoms with Crippen molar-refractivity contribution in [2.75, 3.05) is 0 Å². The smallest absolute Gasteiger partial charge is 0.379 e. The fourth-order valence-electron chi connectivity index (χ4n) is 2.80. The summed E-state index contributed by atoms with van der Waals surface area (Å²) in [7, 11) is 0. The standard InChI is InChI=1S/C20H11F21O/c1-10(42,8-7-9-5-3-2-4-6-9)11(21,22)12(23,24)13(25,26)14(27,28)15(29,30)16(31,32)17(33,34)18(35,36)19(37,38)20(39,40)41/h2-8,42H,1H3/b8-7+. The van der Waals surface area contributed by atoms with Gasteiger partial charge in [-0.2, -0.15) is 92.2 Å². The molecule has 1 atom stereocenters.